The number of carbonyl (C=O) groups excluding carboxylic acids is 1. The molecule has 3 rings (SSSR count). The fourth-order valence-corrected chi connectivity index (χ4v) is 8.73. The van der Waals surface area contributed by atoms with E-state index >= 15 is 0 Å². The summed E-state index contributed by atoms with van der Waals surface area (Å²) in [6, 6.07) is 2.94. The molecule has 0 N–H and O–H groups in total. The number of nitrogens with zero attached hydrogens (tertiary/aromatic N) is 2. The van der Waals surface area contributed by atoms with Crippen molar-refractivity contribution in [3.05, 3.63) is 18.2 Å². The summed E-state index contributed by atoms with van der Waals surface area (Å²) in [4.78, 5) is 11.7. The van der Waals surface area contributed by atoms with Crippen LogP contribution in [0.15, 0.2) is 23.1 Å². The zero-order valence-electron chi connectivity index (χ0n) is 15.9. The molecule has 1 aromatic rings. The van der Waals surface area contributed by atoms with Gasteiger partial charge in [-0.1, -0.05) is 6.92 Å². The van der Waals surface area contributed by atoms with Crippen LogP contribution in [0.4, 0.5) is 5.69 Å². The van der Waals surface area contributed by atoms with E-state index in [-0.39, 0.29) is 53.0 Å². The van der Waals surface area contributed by atoms with E-state index in [0.717, 1.165) is 10.4 Å². The number of carbonyl (C=O) groups is 1. The molecule has 29 heavy (non-hydrogen) atoms. The maximum absolute atomic E-state index is 13.3. The number of benzene rings is 1. The molecule has 2 fully saturated rings. The predicted molar refractivity (Wildman–Crippen MR) is 106 cm³/mol. The molecular weight excluding hydrogens is 444 g/mol. The van der Waals surface area contributed by atoms with E-state index in [0.29, 0.717) is 4.31 Å². The zero-order valence-corrected chi connectivity index (χ0v) is 18.4. The van der Waals surface area contributed by atoms with Crippen LogP contribution in [0, 0.1) is 0 Å². The van der Waals surface area contributed by atoms with E-state index in [4.69, 9.17) is 4.74 Å². The normalized spacial score (nSPS) is 23.6. The SMILES string of the molecule is CCN(C1CCS(=O)(=O)C1)S(=O)(=O)c1cc(N2C(=O)CCS2(=O)=O)ccc1OC. The smallest absolute Gasteiger partial charge is 0.247 e. The minimum Gasteiger partial charge on any atom is -0.495 e. The van der Waals surface area contributed by atoms with E-state index in [2.05, 4.69) is 0 Å². The van der Waals surface area contributed by atoms with Crippen LogP contribution in [0.3, 0.4) is 0 Å². The second-order valence-corrected chi connectivity index (χ2v) is 12.8. The monoisotopic (exact) mass is 466 g/mol. The van der Waals surface area contributed by atoms with Gasteiger partial charge in [0.25, 0.3) is 0 Å². The van der Waals surface area contributed by atoms with Gasteiger partial charge < -0.3 is 4.74 Å². The van der Waals surface area contributed by atoms with Crippen molar-refractivity contribution in [2.45, 2.75) is 30.7 Å². The van der Waals surface area contributed by atoms with Crippen LogP contribution < -0.4 is 9.04 Å². The van der Waals surface area contributed by atoms with Gasteiger partial charge in [-0.05, 0) is 24.6 Å². The van der Waals surface area contributed by atoms with Gasteiger partial charge in [-0.3, -0.25) is 4.79 Å². The van der Waals surface area contributed by atoms with Crippen molar-refractivity contribution in [1.82, 2.24) is 4.31 Å². The van der Waals surface area contributed by atoms with Gasteiger partial charge in [0.15, 0.2) is 9.84 Å². The number of amides is 1. The average molecular weight is 467 g/mol. The summed E-state index contributed by atoms with van der Waals surface area (Å²) in [6.45, 7) is 1.62. The lowest BCUT2D eigenvalue weighted by atomic mass is 10.3. The molecule has 1 amide bonds. The van der Waals surface area contributed by atoms with Gasteiger partial charge in [0.2, 0.25) is 26.0 Å². The van der Waals surface area contributed by atoms with Gasteiger partial charge in [0.1, 0.15) is 10.6 Å². The molecule has 162 valence electrons. The summed E-state index contributed by atoms with van der Waals surface area (Å²) in [7, 11) is -10.2. The van der Waals surface area contributed by atoms with E-state index in [1.54, 1.807) is 6.92 Å². The Balaban J connectivity index is 2.09. The van der Waals surface area contributed by atoms with Crippen LogP contribution >= 0.6 is 0 Å². The average Bonchev–Trinajstić information content (AvgIpc) is 3.12. The molecule has 0 aliphatic carbocycles. The van der Waals surface area contributed by atoms with Crippen LogP contribution in [0.25, 0.3) is 0 Å². The number of methoxy groups -OCH3 is 1. The van der Waals surface area contributed by atoms with Crippen molar-refractivity contribution in [3.63, 3.8) is 0 Å². The van der Waals surface area contributed by atoms with Crippen LogP contribution in [-0.2, 0) is 34.7 Å². The minimum atomic E-state index is -4.22. The number of sulfonamides is 2. The highest BCUT2D eigenvalue weighted by molar-refractivity contribution is 7.94. The third-order valence-electron chi connectivity index (χ3n) is 4.97. The fourth-order valence-electron chi connectivity index (χ4n) is 3.62. The summed E-state index contributed by atoms with van der Waals surface area (Å²) in [5.41, 5.74) is -0.0954. The Hall–Kier alpha value is -1.70. The third kappa shape index (κ3) is 4.00. The van der Waals surface area contributed by atoms with Crippen molar-refractivity contribution in [2.24, 2.45) is 0 Å². The summed E-state index contributed by atoms with van der Waals surface area (Å²) >= 11 is 0. The summed E-state index contributed by atoms with van der Waals surface area (Å²) in [5, 5.41) is 0. The Kier molecular flexibility index (Phi) is 5.71. The van der Waals surface area contributed by atoms with Gasteiger partial charge >= 0.3 is 0 Å². The molecule has 2 saturated heterocycles. The number of rotatable bonds is 6. The minimum absolute atomic E-state index is 0.0246. The fraction of sp³-hybridized carbons (Fsp3) is 0.562. The van der Waals surface area contributed by atoms with E-state index in [1.165, 1.54) is 19.2 Å². The summed E-state index contributed by atoms with van der Waals surface area (Å²) < 4.78 is 81.6. The number of hydrogen-bond acceptors (Lipinski definition) is 8. The Bertz CT molecular complexity index is 1140. The third-order valence-corrected chi connectivity index (χ3v) is 10.5. The van der Waals surface area contributed by atoms with Crippen LogP contribution in [0.2, 0.25) is 0 Å². The van der Waals surface area contributed by atoms with E-state index in [1.807, 2.05) is 0 Å². The van der Waals surface area contributed by atoms with Gasteiger partial charge in [-0.15, -0.1) is 0 Å². The first kappa shape index (κ1) is 22.0. The summed E-state index contributed by atoms with van der Waals surface area (Å²) in [6.07, 6.45) is -0.00609. The Morgan fingerprint density at radius 1 is 1.21 bits per heavy atom. The van der Waals surface area contributed by atoms with Gasteiger partial charge in [-0.25, -0.2) is 29.6 Å². The van der Waals surface area contributed by atoms with Gasteiger partial charge in [-0.2, -0.15) is 4.31 Å². The molecule has 0 bridgehead atoms. The largest absolute Gasteiger partial charge is 0.495 e. The number of ether oxygens (including phenoxy) is 1. The molecule has 2 heterocycles. The van der Waals surface area contributed by atoms with Crippen LogP contribution in [0.5, 0.6) is 5.75 Å². The lowest BCUT2D eigenvalue weighted by Crippen LogP contribution is -2.41. The topological polar surface area (TPSA) is 135 Å². The molecule has 1 aromatic carbocycles. The lowest BCUT2D eigenvalue weighted by molar-refractivity contribution is -0.116. The predicted octanol–water partition coefficient (Wildman–Crippen LogP) is -0.0406. The molecular formula is C16H22N2O8S3. The van der Waals surface area contributed by atoms with Crippen molar-refractivity contribution in [3.8, 4) is 5.75 Å². The first-order chi connectivity index (χ1) is 13.4. The molecule has 0 aromatic heterocycles. The molecule has 0 saturated carbocycles. The standard InChI is InChI=1S/C16H22N2O8S3/c1-3-17(13-6-8-27(20,21)11-13)29(24,25)15-10-12(4-5-14(15)26-2)18-16(19)7-9-28(18,22)23/h4-5,10,13H,3,6-9,11H2,1-2H3. The summed E-state index contributed by atoms with van der Waals surface area (Å²) in [5.74, 6) is -1.39. The molecule has 1 atom stereocenters. The first-order valence-electron chi connectivity index (χ1n) is 8.89. The molecule has 2 aliphatic heterocycles. The molecule has 1 unspecified atom stereocenters. The maximum Gasteiger partial charge on any atom is 0.247 e. The highest BCUT2D eigenvalue weighted by atomic mass is 32.2. The van der Waals surface area contributed by atoms with Crippen molar-refractivity contribution >= 4 is 41.5 Å². The van der Waals surface area contributed by atoms with E-state index in [9.17, 15) is 30.0 Å². The van der Waals surface area contributed by atoms with Crippen LogP contribution in [-0.4, -0.2) is 72.4 Å². The number of sulfone groups is 1. The number of anilines is 1. The first-order valence-corrected chi connectivity index (χ1v) is 13.8. The molecule has 10 nitrogen and oxygen atoms in total. The Morgan fingerprint density at radius 3 is 2.38 bits per heavy atom. The molecule has 13 heteroatoms. The van der Waals surface area contributed by atoms with Crippen LogP contribution in [0.1, 0.15) is 19.8 Å². The van der Waals surface area contributed by atoms with Gasteiger partial charge in [0, 0.05) is 19.0 Å². The second-order valence-electron chi connectivity index (χ2n) is 6.82. The number of hydrogen-bond donors (Lipinski definition) is 0. The Morgan fingerprint density at radius 2 is 1.90 bits per heavy atom. The molecule has 2 aliphatic rings. The van der Waals surface area contributed by atoms with Crippen molar-refractivity contribution in [2.75, 3.05) is 35.2 Å². The highest BCUT2D eigenvalue weighted by Crippen LogP contribution is 2.35. The molecule has 0 radical (unpaired) electrons. The van der Waals surface area contributed by atoms with E-state index < -0.39 is 41.8 Å². The highest BCUT2D eigenvalue weighted by Gasteiger charge is 2.41. The zero-order chi connectivity index (χ0) is 21.6. The van der Waals surface area contributed by atoms with Gasteiger partial charge in [0.05, 0.1) is 30.1 Å². The molecule has 0 spiro atoms. The van der Waals surface area contributed by atoms with Crippen molar-refractivity contribution in [1.29, 1.82) is 0 Å². The Labute approximate surface area is 170 Å². The maximum atomic E-state index is 13.3. The second kappa shape index (κ2) is 7.52. The lowest BCUT2D eigenvalue weighted by Gasteiger charge is -2.27. The van der Waals surface area contributed by atoms with Crippen molar-refractivity contribution < 1.29 is 34.8 Å². The quantitative estimate of drug-likeness (QED) is 0.570.